The van der Waals surface area contributed by atoms with Crippen LogP contribution in [0, 0.1) is 10.1 Å². The van der Waals surface area contributed by atoms with E-state index in [2.05, 4.69) is 5.32 Å². The Morgan fingerprint density at radius 3 is 2.81 bits per heavy atom. The molecule has 0 spiro atoms. The first-order valence-corrected chi connectivity index (χ1v) is 5.11. The van der Waals surface area contributed by atoms with Gasteiger partial charge in [-0.05, 0) is 6.92 Å². The number of nitrogens with one attached hydrogen (secondary N) is 1. The van der Waals surface area contributed by atoms with Gasteiger partial charge in [0, 0.05) is 31.8 Å². The van der Waals surface area contributed by atoms with Gasteiger partial charge in [0.25, 0.3) is 5.69 Å². The normalized spacial score (nSPS) is 12.4. The number of nitro groups is 1. The number of methoxy groups -OCH3 is 1. The molecular formula is C11H16N2O3. The summed E-state index contributed by atoms with van der Waals surface area (Å²) in [5, 5.41) is 13.8. The van der Waals surface area contributed by atoms with Crippen LogP contribution < -0.4 is 5.32 Å². The molecule has 1 aromatic rings. The molecule has 0 saturated carbocycles. The average Bonchev–Trinajstić information content (AvgIpc) is 2.29. The lowest BCUT2D eigenvalue weighted by atomic mass is 10.2. The highest BCUT2D eigenvalue weighted by molar-refractivity contribution is 5.39. The van der Waals surface area contributed by atoms with Crippen molar-refractivity contribution in [2.75, 3.05) is 13.7 Å². The zero-order valence-corrected chi connectivity index (χ0v) is 9.47. The fourth-order valence-electron chi connectivity index (χ4n) is 1.33. The molecule has 0 aliphatic heterocycles. The van der Waals surface area contributed by atoms with Gasteiger partial charge < -0.3 is 10.1 Å². The summed E-state index contributed by atoms with van der Waals surface area (Å²) in [6.07, 6.45) is 0.0998. The van der Waals surface area contributed by atoms with Crippen LogP contribution in [0.1, 0.15) is 12.5 Å². The minimum absolute atomic E-state index is 0.0998. The number of nitro benzene ring substituents is 1. The predicted molar refractivity (Wildman–Crippen MR) is 61.3 cm³/mol. The molecule has 1 rings (SSSR count). The second-order valence-corrected chi connectivity index (χ2v) is 3.56. The first-order chi connectivity index (χ1) is 7.65. The lowest BCUT2D eigenvalue weighted by Crippen LogP contribution is -2.25. The second kappa shape index (κ2) is 6.19. The van der Waals surface area contributed by atoms with Gasteiger partial charge in [-0.1, -0.05) is 18.2 Å². The van der Waals surface area contributed by atoms with E-state index in [1.807, 2.05) is 6.92 Å². The van der Waals surface area contributed by atoms with Crippen molar-refractivity contribution in [2.24, 2.45) is 0 Å². The van der Waals surface area contributed by atoms with E-state index in [4.69, 9.17) is 4.74 Å². The van der Waals surface area contributed by atoms with Crippen LogP contribution in [0.3, 0.4) is 0 Å². The zero-order chi connectivity index (χ0) is 12.0. The number of hydrogen-bond donors (Lipinski definition) is 1. The van der Waals surface area contributed by atoms with Gasteiger partial charge in [-0.25, -0.2) is 0 Å². The van der Waals surface area contributed by atoms with E-state index in [1.54, 1.807) is 25.3 Å². The highest BCUT2D eigenvalue weighted by Gasteiger charge is 2.11. The van der Waals surface area contributed by atoms with Crippen LogP contribution in [0.4, 0.5) is 5.69 Å². The fraction of sp³-hybridized carbons (Fsp3) is 0.455. The molecule has 0 fully saturated rings. The number of ether oxygens (including phenoxy) is 1. The zero-order valence-electron chi connectivity index (χ0n) is 9.47. The maximum absolute atomic E-state index is 10.7. The van der Waals surface area contributed by atoms with Crippen molar-refractivity contribution in [3.63, 3.8) is 0 Å². The Bertz CT molecular complexity index is 355. The Morgan fingerprint density at radius 2 is 2.19 bits per heavy atom. The van der Waals surface area contributed by atoms with E-state index in [0.717, 1.165) is 0 Å². The van der Waals surface area contributed by atoms with Crippen molar-refractivity contribution in [1.29, 1.82) is 0 Å². The van der Waals surface area contributed by atoms with Gasteiger partial charge in [0.1, 0.15) is 0 Å². The maximum atomic E-state index is 10.7. The summed E-state index contributed by atoms with van der Waals surface area (Å²) >= 11 is 0. The third-order valence-corrected chi connectivity index (χ3v) is 2.34. The molecule has 0 heterocycles. The van der Waals surface area contributed by atoms with E-state index < -0.39 is 0 Å². The minimum Gasteiger partial charge on any atom is -0.380 e. The monoisotopic (exact) mass is 224 g/mol. The first kappa shape index (κ1) is 12.6. The van der Waals surface area contributed by atoms with Crippen LogP contribution in [0.5, 0.6) is 0 Å². The summed E-state index contributed by atoms with van der Waals surface area (Å²) in [6.45, 7) is 3.08. The molecule has 1 unspecified atom stereocenters. The lowest BCUT2D eigenvalue weighted by molar-refractivity contribution is -0.385. The highest BCUT2D eigenvalue weighted by atomic mass is 16.6. The van der Waals surface area contributed by atoms with Crippen LogP contribution in [0.2, 0.25) is 0 Å². The second-order valence-electron chi connectivity index (χ2n) is 3.56. The molecule has 0 aliphatic rings. The van der Waals surface area contributed by atoms with Gasteiger partial charge >= 0.3 is 0 Å². The lowest BCUT2D eigenvalue weighted by Gasteiger charge is -2.10. The van der Waals surface area contributed by atoms with E-state index in [9.17, 15) is 10.1 Å². The summed E-state index contributed by atoms with van der Waals surface area (Å²) in [6, 6.07) is 6.72. The van der Waals surface area contributed by atoms with E-state index in [1.165, 1.54) is 6.07 Å². The number of hydrogen-bond acceptors (Lipinski definition) is 4. The van der Waals surface area contributed by atoms with Gasteiger partial charge in [0.05, 0.1) is 11.0 Å². The molecule has 88 valence electrons. The molecule has 1 aromatic carbocycles. The smallest absolute Gasteiger partial charge is 0.273 e. The first-order valence-electron chi connectivity index (χ1n) is 5.11. The topological polar surface area (TPSA) is 64.4 Å². The fourth-order valence-corrected chi connectivity index (χ4v) is 1.33. The quantitative estimate of drug-likeness (QED) is 0.590. The van der Waals surface area contributed by atoms with E-state index in [-0.39, 0.29) is 16.7 Å². The highest BCUT2D eigenvalue weighted by Crippen LogP contribution is 2.16. The summed E-state index contributed by atoms with van der Waals surface area (Å²) in [7, 11) is 1.64. The average molecular weight is 224 g/mol. The number of para-hydroxylation sites is 1. The molecule has 1 atom stereocenters. The third-order valence-electron chi connectivity index (χ3n) is 2.34. The predicted octanol–water partition coefficient (Wildman–Crippen LogP) is 1.72. The van der Waals surface area contributed by atoms with Crippen molar-refractivity contribution < 1.29 is 9.66 Å². The molecule has 16 heavy (non-hydrogen) atoms. The van der Waals surface area contributed by atoms with Gasteiger partial charge in [0.2, 0.25) is 0 Å². The van der Waals surface area contributed by atoms with Gasteiger partial charge in [-0.2, -0.15) is 0 Å². The van der Waals surface area contributed by atoms with Crippen LogP contribution in [-0.4, -0.2) is 24.7 Å². The summed E-state index contributed by atoms with van der Waals surface area (Å²) in [5.74, 6) is 0. The Hall–Kier alpha value is -1.46. The molecule has 0 radical (unpaired) electrons. The van der Waals surface area contributed by atoms with Crippen LogP contribution in [-0.2, 0) is 11.3 Å². The molecule has 0 bridgehead atoms. The molecule has 1 N–H and O–H groups in total. The molecule has 5 nitrogen and oxygen atoms in total. The van der Waals surface area contributed by atoms with E-state index >= 15 is 0 Å². The van der Waals surface area contributed by atoms with Gasteiger partial charge in [-0.15, -0.1) is 0 Å². The SMILES string of the molecule is COC(C)CNCc1ccccc1[N+](=O)[O-]. The molecule has 0 aromatic heterocycles. The summed E-state index contributed by atoms with van der Waals surface area (Å²) < 4.78 is 5.07. The van der Waals surface area contributed by atoms with E-state index in [0.29, 0.717) is 18.7 Å². The van der Waals surface area contributed by atoms with Crippen LogP contribution in [0.25, 0.3) is 0 Å². The largest absolute Gasteiger partial charge is 0.380 e. The molecular weight excluding hydrogens is 208 g/mol. The van der Waals surface area contributed by atoms with Gasteiger partial charge in [-0.3, -0.25) is 10.1 Å². The summed E-state index contributed by atoms with van der Waals surface area (Å²) in [4.78, 5) is 10.4. The summed E-state index contributed by atoms with van der Waals surface area (Å²) in [5.41, 5.74) is 0.843. The Kier molecular flexibility index (Phi) is 4.88. The number of benzene rings is 1. The van der Waals surface area contributed by atoms with Gasteiger partial charge in [0.15, 0.2) is 0 Å². The standard InChI is InChI=1S/C11H16N2O3/c1-9(16-2)7-12-8-10-5-3-4-6-11(10)13(14)15/h3-6,9,12H,7-8H2,1-2H3. The van der Waals surface area contributed by atoms with Crippen molar-refractivity contribution in [2.45, 2.75) is 19.6 Å². The molecule has 0 aliphatic carbocycles. The molecule has 0 saturated heterocycles. The maximum Gasteiger partial charge on any atom is 0.273 e. The number of nitrogens with zero attached hydrogens (tertiary/aromatic N) is 1. The Labute approximate surface area is 94.6 Å². The Morgan fingerprint density at radius 1 is 1.50 bits per heavy atom. The van der Waals surface area contributed by atoms with Crippen LogP contribution >= 0.6 is 0 Å². The van der Waals surface area contributed by atoms with Crippen molar-refractivity contribution in [3.05, 3.63) is 39.9 Å². The van der Waals surface area contributed by atoms with Crippen LogP contribution in [0.15, 0.2) is 24.3 Å². The third kappa shape index (κ3) is 3.60. The Balaban J connectivity index is 2.56. The van der Waals surface area contributed by atoms with Crippen molar-refractivity contribution in [3.8, 4) is 0 Å². The van der Waals surface area contributed by atoms with Crippen molar-refractivity contribution in [1.82, 2.24) is 5.32 Å². The number of rotatable bonds is 6. The molecule has 0 amide bonds. The van der Waals surface area contributed by atoms with Crippen molar-refractivity contribution >= 4 is 5.69 Å². The molecule has 5 heteroatoms. The minimum atomic E-state index is -0.364.